The molecule has 0 aromatic carbocycles. The third-order valence-electron chi connectivity index (χ3n) is 1.80. The highest BCUT2D eigenvalue weighted by molar-refractivity contribution is 8.04. The molecule has 0 aliphatic carbocycles. The van der Waals surface area contributed by atoms with Crippen LogP contribution in [-0.4, -0.2) is 17.8 Å². The molecule has 1 N–H and O–H groups in total. The van der Waals surface area contributed by atoms with E-state index >= 15 is 0 Å². The zero-order valence-corrected chi connectivity index (χ0v) is 5.50. The number of hydrogen-bond donors (Lipinski definition) is 1. The van der Waals surface area contributed by atoms with Crippen LogP contribution in [0.5, 0.6) is 0 Å². The predicted octanol–water partition coefficient (Wildman–Crippen LogP) is 0.977. The molecule has 2 fully saturated rings. The fourth-order valence-corrected chi connectivity index (χ4v) is 2.57. The molecular weight excluding hydrogens is 118 g/mol. The average Bonchev–Trinajstić information content (AvgIpc) is 2.23. The first-order chi connectivity index (χ1) is 3.86. The SMILES string of the molecule is C=C1SC2CNC1C2. The third kappa shape index (κ3) is 0.531. The quantitative estimate of drug-likeness (QED) is 0.520. The van der Waals surface area contributed by atoms with E-state index in [1.54, 1.807) is 0 Å². The molecule has 0 spiro atoms. The third-order valence-corrected chi connectivity index (χ3v) is 3.08. The van der Waals surface area contributed by atoms with E-state index in [0.29, 0.717) is 6.04 Å². The number of thioether (sulfide) groups is 1. The van der Waals surface area contributed by atoms with E-state index in [4.69, 9.17) is 0 Å². The summed E-state index contributed by atoms with van der Waals surface area (Å²) >= 11 is 1.96. The summed E-state index contributed by atoms with van der Waals surface area (Å²) in [5.41, 5.74) is 0. The topological polar surface area (TPSA) is 12.0 Å². The Labute approximate surface area is 53.5 Å². The largest absolute Gasteiger partial charge is 0.308 e. The minimum Gasteiger partial charge on any atom is -0.308 e. The molecule has 2 aliphatic rings. The number of rotatable bonds is 0. The maximum Gasteiger partial charge on any atom is 0.0385 e. The van der Waals surface area contributed by atoms with E-state index in [9.17, 15) is 0 Å². The van der Waals surface area contributed by atoms with Crippen LogP contribution in [0, 0.1) is 0 Å². The molecule has 2 aliphatic heterocycles. The van der Waals surface area contributed by atoms with Gasteiger partial charge >= 0.3 is 0 Å². The Bertz CT molecular complexity index is 132. The lowest BCUT2D eigenvalue weighted by molar-refractivity contribution is 0.722. The molecule has 0 amide bonds. The Kier molecular flexibility index (Phi) is 0.925. The van der Waals surface area contributed by atoms with Crippen LogP contribution in [0.15, 0.2) is 11.5 Å². The molecule has 2 bridgehead atoms. The molecule has 2 rings (SSSR count). The molecule has 2 heteroatoms. The van der Waals surface area contributed by atoms with Gasteiger partial charge in [0.1, 0.15) is 0 Å². The van der Waals surface area contributed by atoms with Crippen molar-refractivity contribution in [3.8, 4) is 0 Å². The zero-order valence-electron chi connectivity index (χ0n) is 4.68. The molecule has 44 valence electrons. The summed E-state index contributed by atoms with van der Waals surface area (Å²) in [6.45, 7) is 5.14. The molecule has 0 aromatic rings. The highest BCUT2D eigenvalue weighted by Gasteiger charge is 2.34. The predicted molar refractivity (Wildman–Crippen MR) is 36.9 cm³/mol. The van der Waals surface area contributed by atoms with Crippen molar-refractivity contribution in [1.82, 2.24) is 5.32 Å². The summed E-state index contributed by atoms with van der Waals surface area (Å²) < 4.78 is 0. The van der Waals surface area contributed by atoms with Gasteiger partial charge in [-0.15, -0.1) is 11.8 Å². The number of hydrogen-bond acceptors (Lipinski definition) is 2. The second-order valence-electron chi connectivity index (χ2n) is 2.40. The monoisotopic (exact) mass is 127 g/mol. The van der Waals surface area contributed by atoms with Crippen LogP contribution in [0.4, 0.5) is 0 Å². The lowest BCUT2D eigenvalue weighted by atomic mass is 10.2. The van der Waals surface area contributed by atoms with Crippen molar-refractivity contribution in [3.63, 3.8) is 0 Å². The Hall–Kier alpha value is 0.0500. The Morgan fingerprint density at radius 3 is 2.88 bits per heavy atom. The Morgan fingerprint density at radius 2 is 2.62 bits per heavy atom. The molecule has 2 atom stereocenters. The average molecular weight is 127 g/mol. The maximum atomic E-state index is 3.94. The van der Waals surface area contributed by atoms with Gasteiger partial charge < -0.3 is 5.32 Å². The van der Waals surface area contributed by atoms with Crippen LogP contribution >= 0.6 is 11.8 Å². The van der Waals surface area contributed by atoms with Crippen molar-refractivity contribution in [3.05, 3.63) is 11.5 Å². The van der Waals surface area contributed by atoms with Crippen LogP contribution < -0.4 is 5.32 Å². The van der Waals surface area contributed by atoms with Gasteiger partial charge in [0, 0.05) is 17.8 Å². The molecule has 0 saturated carbocycles. The smallest absolute Gasteiger partial charge is 0.0385 e. The van der Waals surface area contributed by atoms with E-state index in [1.165, 1.54) is 17.9 Å². The van der Waals surface area contributed by atoms with Crippen molar-refractivity contribution in [1.29, 1.82) is 0 Å². The van der Waals surface area contributed by atoms with Crippen LogP contribution in [0.3, 0.4) is 0 Å². The van der Waals surface area contributed by atoms with Crippen LogP contribution in [-0.2, 0) is 0 Å². The number of nitrogens with one attached hydrogen (secondary N) is 1. The second-order valence-corrected chi connectivity index (χ2v) is 3.83. The minimum atomic E-state index is 0.657. The lowest BCUT2D eigenvalue weighted by Gasteiger charge is -2.11. The second kappa shape index (κ2) is 1.52. The van der Waals surface area contributed by atoms with Crippen molar-refractivity contribution < 1.29 is 0 Å². The molecular formula is C6H9NS. The van der Waals surface area contributed by atoms with E-state index in [0.717, 1.165) is 5.25 Å². The van der Waals surface area contributed by atoms with Gasteiger partial charge in [-0.3, -0.25) is 0 Å². The summed E-state index contributed by atoms with van der Waals surface area (Å²) in [5, 5.41) is 4.24. The normalized spacial score (nSPS) is 43.8. The summed E-state index contributed by atoms with van der Waals surface area (Å²) in [6, 6.07) is 0.657. The van der Waals surface area contributed by atoms with Crippen molar-refractivity contribution in [2.75, 3.05) is 6.54 Å². The van der Waals surface area contributed by atoms with Crippen LogP contribution in [0.25, 0.3) is 0 Å². The fraction of sp³-hybridized carbons (Fsp3) is 0.667. The zero-order chi connectivity index (χ0) is 5.56. The van der Waals surface area contributed by atoms with Gasteiger partial charge in [-0.2, -0.15) is 0 Å². The summed E-state index contributed by atoms with van der Waals surface area (Å²) in [6.07, 6.45) is 1.32. The van der Waals surface area contributed by atoms with Gasteiger partial charge in [-0.1, -0.05) is 6.58 Å². The highest BCUT2D eigenvalue weighted by Crippen LogP contribution is 2.39. The van der Waals surface area contributed by atoms with Gasteiger partial charge in [0.05, 0.1) is 0 Å². The van der Waals surface area contributed by atoms with E-state index in [2.05, 4.69) is 11.9 Å². The first kappa shape index (κ1) is 4.89. The first-order valence-corrected chi connectivity index (χ1v) is 3.83. The number of fused-ring (bicyclic) bond motifs is 2. The van der Waals surface area contributed by atoms with Crippen molar-refractivity contribution in [2.45, 2.75) is 17.7 Å². The standard InChI is InChI=1S/C6H9NS/c1-4-6-2-5(8-4)3-7-6/h5-7H,1-3H2. The maximum absolute atomic E-state index is 3.94. The van der Waals surface area contributed by atoms with Crippen LogP contribution in [0.2, 0.25) is 0 Å². The summed E-state index contributed by atoms with van der Waals surface area (Å²) in [7, 11) is 0. The molecule has 0 radical (unpaired) electrons. The molecule has 8 heavy (non-hydrogen) atoms. The Balaban J connectivity index is 2.22. The lowest BCUT2D eigenvalue weighted by Crippen LogP contribution is -2.24. The van der Waals surface area contributed by atoms with Gasteiger partial charge in [-0.25, -0.2) is 0 Å². The van der Waals surface area contributed by atoms with Crippen molar-refractivity contribution in [2.24, 2.45) is 0 Å². The van der Waals surface area contributed by atoms with E-state index in [1.807, 2.05) is 11.8 Å². The summed E-state index contributed by atoms with van der Waals surface area (Å²) in [5.74, 6) is 0. The molecule has 2 saturated heterocycles. The first-order valence-electron chi connectivity index (χ1n) is 2.95. The van der Waals surface area contributed by atoms with E-state index < -0.39 is 0 Å². The van der Waals surface area contributed by atoms with E-state index in [-0.39, 0.29) is 0 Å². The van der Waals surface area contributed by atoms with Gasteiger partial charge in [0.2, 0.25) is 0 Å². The molecule has 0 aromatic heterocycles. The highest BCUT2D eigenvalue weighted by atomic mass is 32.2. The van der Waals surface area contributed by atoms with Crippen molar-refractivity contribution >= 4 is 11.8 Å². The van der Waals surface area contributed by atoms with Gasteiger partial charge in [-0.05, 0) is 11.3 Å². The summed E-state index contributed by atoms with van der Waals surface area (Å²) in [4.78, 5) is 1.35. The van der Waals surface area contributed by atoms with Crippen LogP contribution in [0.1, 0.15) is 6.42 Å². The Morgan fingerprint density at radius 1 is 1.75 bits per heavy atom. The fourth-order valence-electron chi connectivity index (χ4n) is 1.33. The molecule has 1 nitrogen and oxygen atoms in total. The minimum absolute atomic E-state index is 0.657. The molecule has 2 unspecified atom stereocenters. The molecule has 2 heterocycles. The van der Waals surface area contributed by atoms with Gasteiger partial charge in [0.25, 0.3) is 0 Å². The van der Waals surface area contributed by atoms with Gasteiger partial charge in [0.15, 0.2) is 0 Å².